The number of hydrogen-bond acceptors (Lipinski definition) is 2. The monoisotopic (exact) mass is 114 g/mol. The third-order valence-corrected chi connectivity index (χ3v) is 1.95. The Labute approximate surface area is 50.4 Å². The summed E-state index contributed by atoms with van der Waals surface area (Å²) in [5.41, 5.74) is 6.07. The molecule has 2 heteroatoms. The number of nitrogens with one attached hydrogen (secondary N) is 1. The van der Waals surface area contributed by atoms with Crippen LogP contribution >= 0.6 is 0 Å². The first-order valence-corrected chi connectivity index (χ1v) is 3.09. The molecule has 0 aromatic rings. The van der Waals surface area contributed by atoms with Crippen LogP contribution in [0.1, 0.15) is 13.8 Å². The Morgan fingerprint density at radius 1 is 1.62 bits per heavy atom. The summed E-state index contributed by atoms with van der Waals surface area (Å²) in [6.45, 7) is 6.43. The second-order valence-corrected chi connectivity index (χ2v) is 3.23. The van der Waals surface area contributed by atoms with Crippen molar-refractivity contribution in [2.45, 2.75) is 19.9 Å². The molecule has 0 spiro atoms. The van der Waals surface area contributed by atoms with Gasteiger partial charge < -0.3 is 11.1 Å². The average Bonchev–Trinajstić information content (AvgIpc) is 1.86. The van der Waals surface area contributed by atoms with Crippen LogP contribution in [0, 0.1) is 5.41 Å². The Morgan fingerprint density at radius 2 is 2.25 bits per heavy atom. The molecule has 1 fully saturated rings. The highest BCUT2D eigenvalue weighted by molar-refractivity contribution is 4.90. The van der Waals surface area contributed by atoms with Crippen molar-refractivity contribution >= 4 is 0 Å². The van der Waals surface area contributed by atoms with Crippen molar-refractivity contribution in [3.63, 3.8) is 0 Å². The first-order valence-electron chi connectivity index (χ1n) is 3.09. The van der Waals surface area contributed by atoms with Gasteiger partial charge >= 0.3 is 0 Å². The minimum Gasteiger partial charge on any atom is -0.326 e. The van der Waals surface area contributed by atoms with Gasteiger partial charge in [-0.3, -0.25) is 0 Å². The van der Waals surface area contributed by atoms with E-state index in [0.29, 0.717) is 11.5 Å². The zero-order chi connectivity index (χ0) is 6.20. The van der Waals surface area contributed by atoms with Crippen LogP contribution in [0.4, 0.5) is 0 Å². The van der Waals surface area contributed by atoms with Crippen molar-refractivity contribution in [2.24, 2.45) is 11.1 Å². The van der Waals surface area contributed by atoms with E-state index >= 15 is 0 Å². The van der Waals surface area contributed by atoms with Gasteiger partial charge in [-0.2, -0.15) is 0 Å². The standard InChI is InChI=1S/C6H14N2/c1-6(2)4-8-3-5(6)7/h5,8H,3-4,7H2,1-2H3/t5-/m0/s1. The largest absolute Gasteiger partial charge is 0.326 e. The number of hydrogen-bond donors (Lipinski definition) is 2. The predicted molar refractivity (Wildman–Crippen MR) is 34.6 cm³/mol. The summed E-state index contributed by atoms with van der Waals surface area (Å²) in [4.78, 5) is 0. The lowest BCUT2D eigenvalue weighted by molar-refractivity contribution is 0.363. The van der Waals surface area contributed by atoms with Crippen molar-refractivity contribution in [1.82, 2.24) is 5.32 Å². The molecule has 0 aliphatic carbocycles. The molecule has 1 saturated heterocycles. The SMILES string of the molecule is CC1(C)CNC[C@@H]1N. The van der Waals surface area contributed by atoms with E-state index in [-0.39, 0.29) is 0 Å². The van der Waals surface area contributed by atoms with E-state index in [0.717, 1.165) is 13.1 Å². The maximum atomic E-state index is 5.75. The molecular formula is C6H14N2. The number of nitrogens with two attached hydrogens (primary N) is 1. The molecule has 0 amide bonds. The maximum absolute atomic E-state index is 5.75. The van der Waals surface area contributed by atoms with Crippen LogP contribution in [0.25, 0.3) is 0 Å². The average molecular weight is 114 g/mol. The van der Waals surface area contributed by atoms with Crippen molar-refractivity contribution in [1.29, 1.82) is 0 Å². The summed E-state index contributed by atoms with van der Waals surface area (Å²) in [7, 11) is 0. The Balaban J connectivity index is 2.54. The second-order valence-electron chi connectivity index (χ2n) is 3.23. The fourth-order valence-electron chi connectivity index (χ4n) is 0.957. The van der Waals surface area contributed by atoms with Gasteiger partial charge in [0.1, 0.15) is 0 Å². The fraction of sp³-hybridized carbons (Fsp3) is 1.00. The Kier molecular flexibility index (Phi) is 1.29. The molecule has 3 N–H and O–H groups in total. The summed E-state index contributed by atoms with van der Waals surface area (Å²) in [5.74, 6) is 0. The van der Waals surface area contributed by atoms with Gasteiger partial charge in [0.25, 0.3) is 0 Å². The highest BCUT2D eigenvalue weighted by Crippen LogP contribution is 2.21. The van der Waals surface area contributed by atoms with E-state index in [9.17, 15) is 0 Å². The fourth-order valence-corrected chi connectivity index (χ4v) is 0.957. The lowest BCUT2D eigenvalue weighted by Gasteiger charge is -2.20. The van der Waals surface area contributed by atoms with E-state index in [1.54, 1.807) is 0 Å². The summed E-state index contributed by atoms with van der Waals surface area (Å²) >= 11 is 0. The lowest BCUT2D eigenvalue weighted by atomic mass is 9.89. The first-order chi connectivity index (χ1) is 3.63. The molecule has 0 unspecified atom stereocenters. The summed E-state index contributed by atoms with van der Waals surface area (Å²) in [6, 6.07) is 0.350. The Morgan fingerprint density at radius 3 is 2.38 bits per heavy atom. The Hall–Kier alpha value is -0.0800. The summed E-state index contributed by atoms with van der Waals surface area (Å²) < 4.78 is 0. The Bertz CT molecular complexity index is 88.5. The molecule has 1 atom stereocenters. The van der Waals surface area contributed by atoms with Crippen LogP contribution < -0.4 is 11.1 Å². The third kappa shape index (κ3) is 0.858. The first kappa shape index (κ1) is 6.05. The minimum absolute atomic E-state index is 0.319. The van der Waals surface area contributed by atoms with E-state index in [1.165, 1.54) is 0 Å². The molecule has 1 heterocycles. The molecule has 48 valence electrons. The van der Waals surface area contributed by atoms with Crippen LogP contribution in [-0.2, 0) is 0 Å². The van der Waals surface area contributed by atoms with Crippen LogP contribution in [0.5, 0.6) is 0 Å². The zero-order valence-electron chi connectivity index (χ0n) is 5.57. The third-order valence-electron chi connectivity index (χ3n) is 1.95. The van der Waals surface area contributed by atoms with Gasteiger partial charge in [0.2, 0.25) is 0 Å². The lowest BCUT2D eigenvalue weighted by Crippen LogP contribution is -2.35. The van der Waals surface area contributed by atoms with Gasteiger partial charge in [0.15, 0.2) is 0 Å². The molecule has 2 nitrogen and oxygen atoms in total. The van der Waals surface area contributed by atoms with Crippen molar-refractivity contribution < 1.29 is 0 Å². The second kappa shape index (κ2) is 1.71. The molecule has 1 aliphatic rings. The van der Waals surface area contributed by atoms with E-state index in [2.05, 4.69) is 19.2 Å². The van der Waals surface area contributed by atoms with Crippen molar-refractivity contribution in [2.75, 3.05) is 13.1 Å². The molecule has 1 rings (SSSR count). The number of rotatable bonds is 0. The smallest absolute Gasteiger partial charge is 0.0229 e. The molecule has 0 saturated carbocycles. The molecule has 1 aliphatic heterocycles. The highest BCUT2D eigenvalue weighted by Gasteiger charge is 2.30. The van der Waals surface area contributed by atoms with Crippen LogP contribution in [0.2, 0.25) is 0 Å². The van der Waals surface area contributed by atoms with Gasteiger partial charge in [-0.05, 0) is 5.41 Å². The minimum atomic E-state index is 0.319. The topological polar surface area (TPSA) is 38.0 Å². The normalized spacial score (nSPS) is 35.6. The highest BCUT2D eigenvalue weighted by atomic mass is 15.0. The molecule has 0 bridgehead atoms. The van der Waals surface area contributed by atoms with Gasteiger partial charge in [-0.1, -0.05) is 13.8 Å². The molecule has 0 aromatic heterocycles. The van der Waals surface area contributed by atoms with Crippen molar-refractivity contribution in [3.8, 4) is 0 Å². The maximum Gasteiger partial charge on any atom is 0.0229 e. The summed E-state index contributed by atoms with van der Waals surface area (Å²) in [6.07, 6.45) is 0. The van der Waals surface area contributed by atoms with E-state index in [4.69, 9.17) is 5.73 Å². The van der Waals surface area contributed by atoms with E-state index < -0.39 is 0 Å². The van der Waals surface area contributed by atoms with Gasteiger partial charge in [0, 0.05) is 19.1 Å². The van der Waals surface area contributed by atoms with Gasteiger partial charge in [0.05, 0.1) is 0 Å². The van der Waals surface area contributed by atoms with Gasteiger partial charge in [-0.15, -0.1) is 0 Å². The quantitative estimate of drug-likeness (QED) is 0.463. The molecule has 0 radical (unpaired) electrons. The van der Waals surface area contributed by atoms with Gasteiger partial charge in [-0.25, -0.2) is 0 Å². The zero-order valence-corrected chi connectivity index (χ0v) is 5.57. The molecule has 8 heavy (non-hydrogen) atoms. The predicted octanol–water partition coefficient (Wildman–Crippen LogP) is -0.0569. The van der Waals surface area contributed by atoms with Crippen LogP contribution in [0.3, 0.4) is 0 Å². The van der Waals surface area contributed by atoms with Crippen molar-refractivity contribution in [3.05, 3.63) is 0 Å². The van der Waals surface area contributed by atoms with E-state index in [1.807, 2.05) is 0 Å². The van der Waals surface area contributed by atoms with Crippen LogP contribution in [0.15, 0.2) is 0 Å². The molecule has 0 aromatic carbocycles. The van der Waals surface area contributed by atoms with Crippen LogP contribution in [-0.4, -0.2) is 19.1 Å². The molecular weight excluding hydrogens is 100 g/mol. The summed E-state index contributed by atoms with van der Waals surface area (Å²) in [5, 5.41) is 3.24.